The summed E-state index contributed by atoms with van der Waals surface area (Å²) in [7, 11) is 1.00. The first-order chi connectivity index (χ1) is 11.8. The van der Waals surface area contributed by atoms with Crippen LogP contribution >= 0.6 is 0 Å². The van der Waals surface area contributed by atoms with Crippen molar-refractivity contribution in [2.75, 3.05) is 12.8 Å². The van der Waals surface area contributed by atoms with Crippen molar-refractivity contribution in [3.8, 4) is 11.3 Å². The van der Waals surface area contributed by atoms with Crippen LogP contribution in [0, 0.1) is 0 Å². The van der Waals surface area contributed by atoms with E-state index < -0.39 is 0 Å². The van der Waals surface area contributed by atoms with E-state index in [1.165, 1.54) is 38.4 Å². The lowest BCUT2D eigenvalue weighted by Gasteiger charge is -2.27. The third-order valence-electron chi connectivity index (χ3n) is 4.89. The zero-order valence-electron chi connectivity index (χ0n) is 13.6. The van der Waals surface area contributed by atoms with Gasteiger partial charge in [0.25, 0.3) is 0 Å². The molecular formula is C17H21N5O2. The standard InChI is InChI=1S/C16H17N5O.CH4O/c17-15-14-11(12-6-13(22-20-12)9-4-5-9)7-21(10-2-1-3-10)16(14)19-8-18-15;1-2/h6-10H,1-5H2,(H2,17,18,19);2H,1H3. The zero-order valence-corrected chi connectivity index (χ0v) is 13.6. The molecule has 0 atom stereocenters. The Morgan fingerprint density at radius 2 is 2.00 bits per heavy atom. The summed E-state index contributed by atoms with van der Waals surface area (Å²) in [6.45, 7) is 0. The van der Waals surface area contributed by atoms with E-state index in [0.29, 0.717) is 17.8 Å². The van der Waals surface area contributed by atoms with Crippen LogP contribution in [0.1, 0.15) is 49.8 Å². The molecule has 0 radical (unpaired) electrons. The summed E-state index contributed by atoms with van der Waals surface area (Å²) >= 11 is 0. The lowest BCUT2D eigenvalue weighted by Crippen LogP contribution is -2.16. The summed E-state index contributed by atoms with van der Waals surface area (Å²) in [5.41, 5.74) is 8.85. The molecule has 2 aliphatic rings. The molecule has 5 rings (SSSR count). The second-order valence-corrected chi connectivity index (χ2v) is 6.38. The molecule has 2 aliphatic carbocycles. The fourth-order valence-corrected chi connectivity index (χ4v) is 3.22. The van der Waals surface area contributed by atoms with Crippen molar-refractivity contribution in [2.45, 2.75) is 44.1 Å². The van der Waals surface area contributed by atoms with Crippen LogP contribution in [-0.4, -0.2) is 31.9 Å². The first-order valence-electron chi connectivity index (χ1n) is 8.34. The number of rotatable bonds is 3. The lowest BCUT2D eigenvalue weighted by molar-refractivity contribution is 0.320. The minimum Gasteiger partial charge on any atom is -0.400 e. The van der Waals surface area contributed by atoms with Crippen LogP contribution in [0.15, 0.2) is 23.1 Å². The second kappa shape index (κ2) is 5.90. The van der Waals surface area contributed by atoms with Gasteiger partial charge in [0.05, 0.1) is 5.39 Å². The lowest BCUT2D eigenvalue weighted by atomic mass is 9.93. The minimum absolute atomic E-state index is 0.508. The number of hydrogen-bond donors (Lipinski definition) is 2. The summed E-state index contributed by atoms with van der Waals surface area (Å²) in [5, 5.41) is 12.1. The molecule has 0 amide bonds. The first kappa shape index (κ1) is 15.1. The Morgan fingerprint density at radius 3 is 2.67 bits per heavy atom. The van der Waals surface area contributed by atoms with Crippen molar-refractivity contribution in [1.29, 1.82) is 0 Å². The molecule has 3 aromatic heterocycles. The first-order valence-corrected chi connectivity index (χ1v) is 8.34. The number of anilines is 1. The molecule has 0 aliphatic heterocycles. The van der Waals surface area contributed by atoms with E-state index in [1.54, 1.807) is 0 Å². The summed E-state index contributed by atoms with van der Waals surface area (Å²) < 4.78 is 7.73. The Morgan fingerprint density at radius 1 is 1.21 bits per heavy atom. The van der Waals surface area contributed by atoms with Gasteiger partial charge in [0.1, 0.15) is 29.2 Å². The van der Waals surface area contributed by atoms with Crippen LogP contribution in [0.4, 0.5) is 5.82 Å². The van der Waals surface area contributed by atoms with E-state index in [9.17, 15) is 0 Å². The Labute approximate surface area is 139 Å². The highest BCUT2D eigenvalue weighted by Crippen LogP contribution is 2.43. The molecule has 2 saturated carbocycles. The van der Waals surface area contributed by atoms with Crippen molar-refractivity contribution in [2.24, 2.45) is 0 Å². The molecule has 3 aromatic rings. The molecule has 0 saturated heterocycles. The van der Waals surface area contributed by atoms with Crippen molar-refractivity contribution in [3.63, 3.8) is 0 Å². The average Bonchev–Trinajstić information content (AvgIpc) is 3.17. The van der Waals surface area contributed by atoms with E-state index in [2.05, 4.69) is 25.9 Å². The molecular weight excluding hydrogens is 306 g/mol. The van der Waals surface area contributed by atoms with Gasteiger partial charge >= 0.3 is 0 Å². The predicted molar refractivity (Wildman–Crippen MR) is 90.4 cm³/mol. The van der Waals surface area contributed by atoms with E-state index >= 15 is 0 Å². The summed E-state index contributed by atoms with van der Waals surface area (Å²) in [5.74, 6) is 2.04. The molecule has 0 aromatic carbocycles. The number of fused-ring (bicyclic) bond motifs is 1. The van der Waals surface area contributed by atoms with Crippen LogP contribution in [0.3, 0.4) is 0 Å². The van der Waals surface area contributed by atoms with Crippen molar-refractivity contribution in [1.82, 2.24) is 19.7 Å². The Hall–Kier alpha value is -2.41. The number of nitrogens with zero attached hydrogens (tertiary/aromatic N) is 4. The molecule has 0 bridgehead atoms. The van der Waals surface area contributed by atoms with Crippen molar-refractivity contribution >= 4 is 16.9 Å². The number of hydrogen-bond acceptors (Lipinski definition) is 6. The quantitative estimate of drug-likeness (QED) is 0.766. The van der Waals surface area contributed by atoms with Crippen LogP contribution in [0.5, 0.6) is 0 Å². The van der Waals surface area contributed by atoms with E-state index in [-0.39, 0.29) is 0 Å². The van der Waals surface area contributed by atoms with Crippen molar-refractivity contribution in [3.05, 3.63) is 24.4 Å². The molecule has 0 spiro atoms. The predicted octanol–water partition coefficient (Wildman–Crippen LogP) is 2.88. The fraction of sp³-hybridized carbons (Fsp3) is 0.471. The minimum atomic E-state index is 0.508. The highest BCUT2D eigenvalue weighted by Gasteiger charge is 2.30. The van der Waals surface area contributed by atoms with Gasteiger partial charge in [0.2, 0.25) is 0 Å². The van der Waals surface area contributed by atoms with Gasteiger partial charge in [0.15, 0.2) is 0 Å². The van der Waals surface area contributed by atoms with Gasteiger partial charge in [-0.05, 0) is 32.1 Å². The summed E-state index contributed by atoms with van der Waals surface area (Å²) in [4.78, 5) is 8.62. The fourth-order valence-electron chi connectivity index (χ4n) is 3.22. The van der Waals surface area contributed by atoms with Gasteiger partial charge in [0, 0.05) is 36.9 Å². The van der Waals surface area contributed by atoms with Crippen LogP contribution in [0.25, 0.3) is 22.3 Å². The maximum Gasteiger partial charge on any atom is 0.146 e. The highest BCUT2D eigenvalue weighted by molar-refractivity contribution is 5.99. The average molecular weight is 327 g/mol. The molecule has 3 N–H and O–H groups in total. The van der Waals surface area contributed by atoms with Crippen LogP contribution in [0.2, 0.25) is 0 Å². The third kappa shape index (κ3) is 2.36. The van der Waals surface area contributed by atoms with E-state index in [0.717, 1.165) is 35.2 Å². The molecule has 24 heavy (non-hydrogen) atoms. The van der Waals surface area contributed by atoms with Gasteiger partial charge in [-0.2, -0.15) is 0 Å². The SMILES string of the molecule is CO.Nc1ncnc2c1c(-c1cc(C3CC3)on1)cn2C1CCC1. The molecule has 126 valence electrons. The summed E-state index contributed by atoms with van der Waals surface area (Å²) in [6, 6.07) is 2.56. The Balaban J connectivity index is 0.000000704. The molecule has 7 nitrogen and oxygen atoms in total. The topological polar surface area (TPSA) is 103 Å². The number of nitrogens with two attached hydrogens (primary N) is 1. The van der Waals surface area contributed by atoms with Gasteiger partial charge in [-0.15, -0.1) is 0 Å². The van der Waals surface area contributed by atoms with E-state index in [4.69, 9.17) is 15.4 Å². The molecule has 2 fully saturated rings. The number of aliphatic hydroxyl groups is 1. The van der Waals surface area contributed by atoms with E-state index in [1.807, 2.05) is 6.07 Å². The zero-order chi connectivity index (χ0) is 16.7. The Kier molecular flexibility index (Phi) is 3.72. The number of aliphatic hydroxyl groups excluding tert-OH is 1. The molecule has 7 heteroatoms. The monoisotopic (exact) mass is 327 g/mol. The molecule has 0 unspecified atom stereocenters. The normalized spacial score (nSPS) is 17.4. The second-order valence-electron chi connectivity index (χ2n) is 6.38. The third-order valence-corrected chi connectivity index (χ3v) is 4.89. The van der Waals surface area contributed by atoms with Crippen LogP contribution in [-0.2, 0) is 0 Å². The molecule has 3 heterocycles. The maximum absolute atomic E-state index is 7.00. The van der Waals surface area contributed by atoms with Gasteiger partial charge in [-0.25, -0.2) is 9.97 Å². The highest BCUT2D eigenvalue weighted by atomic mass is 16.5. The number of aromatic nitrogens is 4. The van der Waals surface area contributed by atoms with Crippen molar-refractivity contribution < 1.29 is 9.63 Å². The maximum atomic E-state index is 7.00. The van der Waals surface area contributed by atoms with Gasteiger partial charge in [-0.3, -0.25) is 0 Å². The van der Waals surface area contributed by atoms with Crippen LogP contribution < -0.4 is 5.73 Å². The van der Waals surface area contributed by atoms with Gasteiger partial charge < -0.3 is 19.9 Å². The largest absolute Gasteiger partial charge is 0.400 e. The Bertz CT molecular complexity index is 861. The number of nitrogen functional groups attached to an aromatic ring is 1. The summed E-state index contributed by atoms with van der Waals surface area (Å²) in [6.07, 6.45) is 9.71. The van der Waals surface area contributed by atoms with Gasteiger partial charge in [-0.1, -0.05) is 5.16 Å². The smallest absolute Gasteiger partial charge is 0.146 e.